The molecule has 0 amide bonds. The zero-order chi connectivity index (χ0) is 7.11. The van der Waals surface area contributed by atoms with Crippen LogP contribution >= 0.6 is 0 Å². The van der Waals surface area contributed by atoms with E-state index in [0.29, 0.717) is 5.92 Å². The molecule has 0 radical (unpaired) electrons. The fourth-order valence-corrected chi connectivity index (χ4v) is 0.250. The highest BCUT2D eigenvalue weighted by Gasteiger charge is 1.95. The van der Waals surface area contributed by atoms with Crippen molar-refractivity contribution in [3.8, 4) is 0 Å². The van der Waals surface area contributed by atoms with Gasteiger partial charge in [-0.3, -0.25) is 0 Å². The molecule has 1 fully saturated rings. The maximum absolute atomic E-state index is 5.17. The molecule has 0 heterocycles. The SMILES string of the molecule is C1CCC1.CC(C)CN. The first-order chi connectivity index (χ1) is 4.27. The fourth-order valence-electron chi connectivity index (χ4n) is 0.250. The Morgan fingerprint density at radius 1 is 1.11 bits per heavy atom. The summed E-state index contributed by atoms with van der Waals surface area (Å²) in [5.41, 5.74) is 5.17. The predicted octanol–water partition coefficient (Wildman–Crippen LogP) is 2.16. The van der Waals surface area contributed by atoms with Crippen LogP contribution in [-0.4, -0.2) is 6.54 Å². The third-order valence-electron chi connectivity index (χ3n) is 1.47. The van der Waals surface area contributed by atoms with Gasteiger partial charge in [0, 0.05) is 0 Å². The van der Waals surface area contributed by atoms with Crippen molar-refractivity contribution in [1.29, 1.82) is 0 Å². The Bertz CT molecular complexity index is 42.5. The number of nitrogens with two attached hydrogens (primary N) is 1. The fraction of sp³-hybridized carbons (Fsp3) is 1.00. The van der Waals surface area contributed by atoms with Crippen LogP contribution in [0.5, 0.6) is 0 Å². The van der Waals surface area contributed by atoms with Gasteiger partial charge in [0.05, 0.1) is 0 Å². The molecular weight excluding hydrogens is 110 g/mol. The summed E-state index contributed by atoms with van der Waals surface area (Å²) < 4.78 is 0. The van der Waals surface area contributed by atoms with Gasteiger partial charge in [0.2, 0.25) is 0 Å². The molecule has 0 aromatic rings. The number of hydrogen-bond donors (Lipinski definition) is 1. The molecule has 9 heavy (non-hydrogen) atoms. The predicted molar refractivity (Wildman–Crippen MR) is 42.4 cm³/mol. The van der Waals surface area contributed by atoms with Gasteiger partial charge in [-0.15, -0.1) is 0 Å². The second kappa shape index (κ2) is 6.09. The van der Waals surface area contributed by atoms with E-state index in [2.05, 4.69) is 13.8 Å². The first-order valence-electron chi connectivity index (χ1n) is 3.97. The van der Waals surface area contributed by atoms with E-state index >= 15 is 0 Å². The summed E-state index contributed by atoms with van der Waals surface area (Å²) in [6, 6.07) is 0. The molecule has 1 aliphatic carbocycles. The average Bonchev–Trinajstić information content (AvgIpc) is 1.61. The standard InChI is InChI=1S/C4H11N.C4H8/c1-4(2)3-5;1-2-4-3-1/h4H,3,5H2,1-2H3;1-4H2. The summed E-state index contributed by atoms with van der Waals surface area (Å²) in [7, 11) is 0. The Hall–Kier alpha value is -0.0400. The van der Waals surface area contributed by atoms with Gasteiger partial charge in [0.1, 0.15) is 0 Å². The van der Waals surface area contributed by atoms with Crippen molar-refractivity contribution in [3.05, 3.63) is 0 Å². The monoisotopic (exact) mass is 129 g/mol. The van der Waals surface area contributed by atoms with Gasteiger partial charge in [-0.05, 0) is 12.5 Å². The van der Waals surface area contributed by atoms with Crippen molar-refractivity contribution in [2.75, 3.05) is 6.54 Å². The molecule has 1 rings (SSSR count). The lowest BCUT2D eigenvalue weighted by Gasteiger charge is -2.05. The summed E-state index contributed by atoms with van der Waals surface area (Å²) in [5.74, 6) is 0.662. The molecule has 0 bridgehead atoms. The highest BCUT2D eigenvalue weighted by molar-refractivity contribution is 4.50. The quantitative estimate of drug-likeness (QED) is 0.577. The van der Waals surface area contributed by atoms with Crippen molar-refractivity contribution in [3.63, 3.8) is 0 Å². The van der Waals surface area contributed by atoms with Crippen LogP contribution in [0.3, 0.4) is 0 Å². The Kier molecular flexibility index (Phi) is 6.06. The zero-order valence-electron chi connectivity index (χ0n) is 6.69. The van der Waals surface area contributed by atoms with Crippen molar-refractivity contribution in [1.82, 2.24) is 0 Å². The Balaban J connectivity index is 0.000000144. The largest absolute Gasteiger partial charge is 0.330 e. The molecule has 0 aromatic carbocycles. The van der Waals surface area contributed by atoms with Crippen LogP contribution in [0.25, 0.3) is 0 Å². The van der Waals surface area contributed by atoms with E-state index in [1.807, 2.05) is 0 Å². The van der Waals surface area contributed by atoms with E-state index in [9.17, 15) is 0 Å². The highest BCUT2D eigenvalue weighted by atomic mass is 14.5. The van der Waals surface area contributed by atoms with E-state index in [0.717, 1.165) is 6.54 Å². The number of hydrogen-bond acceptors (Lipinski definition) is 1. The van der Waals surface area contributed by atoms with Crippen LogP contribution in [0, 0.1) is 5.92 Å². The van der Waals surface area contributed by atoms with Gasteiger partial charge in [-0.2, -0.15) is 0 Å². The second-order valence-corrected chi connectivity index (χ2v) is 3.04. The minimum absolute atomic E-state index is 0.662. The normalized spacial score (nSPS) is 16.0. The van der Waals surface area contributed by atoms with Crippen LogP contribution in [0.2, 0.25) is 0 Å². The van der Waals surface area contributed by atoms with Gasteiger partial charge in [-0.25, -0.2) is 0 Å². The minimum Gasteiger partial charge on any atom is -0.330 e. The van der Waals surface area contributed by atoms with Crippen molar-refractivity contribution < 1.29 is 0 Å². The summed E-state index contributed by atoms with van der Waals surface area (Å²) in [6.45, 7) is 5.00. The summed E-state index contributed by atoms with van der Waals surface area (Å²) >= 11 is 0. The molecule has 0 atom stereocenters. The average molecular weight is 129 g/mol. The summed E-state index contributed by atoms with van der Waals surface area (Å²) in [4.78, 5) is 0. The Morgan fingerprint density at radius 2 is 1.33 bits per heavy atom. The first-order valence-corrected chi connectivity index (χ1v) is 3.97. The third kappa shape index (κ3) is 7.96. The Morgan fingerprint density at radius 3 is 1.33 bits per heavy atom. The molecule has 1 aliphatic rings. The lowest BCUT2D eigenvalue weighted by atomic mass is 10.0. The number of rotatable bonds is 1. The topological polar surface area (TPSA) is 26.0 Å². The lowest BCUT2D eigenvalue weighted by Crippen LogP contribution is -2.05. The van der Waals surface area contributed by atoms with E-state index in [1.165, 1.54) is 25.7 Å². The van der Waals surface area contributed by atoms with Crippen LogP contribution in [0.1, 0.15) is 39.5 Å². The molecule has 1 nitrogen and oxygen atoms in total. The lowest BCUT2D eigenvalue weighted by molar-refractivity contribution is 0.504. The molecule has 0 spiro atoms. The van der Waals surface area contributed by atoms with Crippen LogP contribution < -0.4 is 5.73 Å². The van der Waals surface area contributed by atoms with Gasteiger partial charge >= 0.3 is 0 Å². The first kappa shape index (κ1) is 8.96. The maximum Gasteiger partial charge on any atom is -0.00541 e. The minimum atomic E-state index is 0.662. The van der Waals surface area contributed by atoms with Gasteiger partial charge in [-0.1, -0.05) is 39.5 Å². The molecular formula is C8H19N. The van der Waals surface area contributed by atoms with E-state index in [4.69, 9.17) is 5.73 Å². The molecule has 56 valence electrons. The second-order valence-electron chi connectivity index (χ2n) is 3.04. The van der Waals surface area contributed by atoms with Crippen molar-refractivity contribution in [2.45, 2.75) is 39.5 Å². The van der Waals surface area contributed by atoms with Crippen LogP contribution in [-0.2, 0) is 0 Å². The third-order valence-corrected chi connectivity index (χ3v) is 1.47. The van der Waals surface area contributed by atoms with Crippen LogP contribution in [0.15, 0.2) is 0 Å². The smallest absolute Gasteiger partial charge is 0.00541 e. The molecule has 1 heteroatoms. The van der Waals surface area contributed by atoms with Crippen molar-refractivity contribution >= 4 is 0 Å². The summed E-state index contributed by atoms with van der Waals surface area (Å²) in [5, 5.41) is 0. The highest BCUT2D eigenvalue weighted by Crippen LogP contribution is 2.15. The molecule has 0 saturated heterocycles. The Labute approximate surface area is 58.6 Å². The van der Waals surface area contributed by atoms with Crippen molar-refractivity contribution in [2.24, 2.45) is 11.7 Å². The van der Waals surface area contributed by atoms with E-state index in [1.54, 1.807) is 0 Å². The summed E-state index contributed by atoms with van der Waals surface area (Å²) in [6.07, 6.45) is 6.00. The maximum atomic E-state index is 5.17. The molecule has 0 unspecified atom stereocenters. The zero-order valence-corrected chi connectivity index (χ0v) is 6.69. The molecule has 0 aliphatic heterocycles. The molecule has 1 saturated carbocycles. The van der Waals surface area contributed by atoms with Crippen LogP contribution in [0.4, 0.5) is 0 Å². The van der Waals surface area contributed by atoms with Gasteiger partial charge in [0.15, 0.2) is 0 Å². The van der Waals surface area contributed by atoms with Gasteiger partial charge in [0.25, 0.3) is 0 Å². The van der Waals surface area contributed by atoms with Gasteiger partial charge < -0.3 is 5.73 Å². The van der Waals surface area contributed by atoms with E-state index < -0.39 is 0 Å². The van der Waals surface area contributed by atoms with E-state index in [-0.39, 0.29) is 0 Å². The molecule has 0 aromatic heterocycles. The molecule has 2 N–H and O–H groups in total.